The Balaban J connectivity index is 2.32. The molecular weight excluding hydrogens is 230 g/mol. The zero-order valence-electron chi connectivity index (χ0n) is 11.9. The first-order valence-corrected chi connectivity index (χ1v) is 6.36. The zero-order valence-corrected chi connectivity index (χ0v) is 11.9. The van der Waals surface area contributed by atoms with E-state index in [1.165, 1.54) is 0 Å². The van der Waals surface area contributed by atoms with Gasteiger partial charge in [0, 0.05) is 19.1 Å². The number of likely N-dealkylation sites (tertiary alicyclic amines) is 1. The summed E-state index contributed by atoms with van der Waals surface area (Å²) in [5.41, 5.74) is -0.456. The quantitative estimate of drug-likeness (QED) is 0.832. The van der Waals surface area contributed by atoms with Gasteiger partial charge >= 0.3 is 6.09 Å². The molecule has 1 aliphatic heterocycles. The fourth-order valence-corrected chi connectivity index (χ4v) is 1.69. The van der Waals surface area contributed by atoms with Crippen LogP contribution in [0.15, 0.2) is 0 Å². The van der Waals surface area contributed by atoms with Gasteiger partial charge in [-0.15, -0.1) is 0 Å². The minimum atomic E-state index is -0.456. The van der Waals surface area contributed by atoms with E-state index in [-0.39, 0.29) is 24.1 Å². The third-order valence-electron chi connectivity index (χ3n) is 2.75. The summed E-state index contributed by atoms with van der Waals surface area (Å²) < 4.78 is 5.26. The molecule has 0 aromatic carbocycles. The van der Waals surface area contributed by atoms with E-state index < -0.39 is 5.60 Å². The summed E-state index contributed by atoms with van der Waals surface area (Å²) in [7, 11) is 0. The molecule has 0 aliphatic carbocycles. The first kappa shape index (κ1) is 14.8. The number of hydrogen-bond acceptors (Lipinski definition) is 4. The summed E-state index contributed by atoms with van der Waals surface area (Å²) in [4.78, 5) is 13.3. The molecule has 0 saturated carbocycles. The van der Waals surface area contributed by atoms with E-state index in [2.05, 4.69) is 11.4 Å². The van der Waals surface area contributed by atoms with Crippen LogP contribution < -0.4 is 5.32 Å². The van der Waals surface area contributed by atoms with E-state index in [4.69, 9.17) is 10.00 Å². The number of nitriles is 1. The molecule has 0 aromatic heterocycles. The van der Waals surface area contributed by atoms with Gasteiger partial charge in [0.2, 0.25) is 0 Å². The van der Waals surface area contributed by atoms with Crippen molar-refractivity contribution in [1.29, 1.82) is 5.26 Å². The van der Waals surface area contributed by atoms with Crippen LogP contribution in [-0.4, -0.2) is 41.8 Å². The van der Waals surface area contributed by atoms with Crippen LogP contribution in [0.3, 0.4) is 0 Å². The Kier molecular flexibility index (Phi) is 4.58. The highest BCUT2D eigenvalue weighted by molar-refractivity contribution is 5.69. The summed E-state index contributed by atoms with van der Waals surface area (Å²) in [6, 6.07) is 2.28. The lowest BCUT2D eigenvalue weighted by atomic mass is 10.0. The van der Waals surface area contributed by atoms with Crippen LogP contribution in [0.4, 0.5) is 4.79 Å². The molecule has 1 aliphatic rings. The summed E-state index contributed by atoms with van der Waals surface area (Å²) in [5.74, 6) is 0.269. The molecule has 1 heterocycles. The van der Waals surface area contributed by atoms with Crippen molar-refractivity contribution in [2.45, 2.75) is 52.3 Å². The van der Waals surface area contributed by atoms with Crippen LogP contribution in [-0.2, 0) is 4.74 Å². The van der Waals surface area contributed by atoms with Crippen LogP contribution in [0.25, 0.3) is 0 Å². The summed E-state index contributed by atoms with van der Waals surface area (Å²) in [5, 5.41) is 12.2. The Labute approximate surface area is 109 Å². The highest BCUT2D eigenvalue weighted by atomic mass is 16.6. The highest BCUT2D eigenvalue weighted by Crippen LogP contribution is 2.16. The first-order chi connectivity index (χ1) is 8.23. The highest BCUT2D eigenvalue weighted by Gasteiger charge is 2.34. The van der Waals surface area contributed by atoms with Gasteiger partial charge in [-0.2, -0.15) is 5.26 Å². The predicted octanol–water partition coefficient (Wildman–Crippen LogP) is 1.74. The number of carbonyl (C=O) groups excluding carboxylic acids is 1. The second kappa shape index (κ2) is 5.57. The van der Waals surface area contributed by atoms with E-state index in [1.54, 1.807) is 4.90 Å². The van der Waals surface area contributed by atoms with Crippen molar-refractivity contribution in [3.05, 3.63) is 0 Å². The third kappa shape index (κ3) is 4.19. The van der Waals surface area contributed by atoms with Gasteiger partial charge in [-0.05, 0) is 26.7 Å². The molecule has 0 spiro atoms. The number of ether oxygens (including phenoxy) is 1. The molecule has 5 nitrogen and oxygen atoms in total. The van der Waals surface area contributed by atoms with E-state index in [0.717, 1.165) is 0 Å². The number of amides is 1. The van der Waals surface area contributed by atoms with Crippen LogP contribution >= 0.6 is 0 Å². The molecule has 1 amide bonds. The van der Waals surface area contributed by atoms with Gasteiger partial charge < -0.3 is 9.64 Å². The average molecular weight is 253 g/mol. The number of hydrogen-bond donors (Lipinski definition) is 1. The Morgan fingerprint density at radius 2 is 2.00 bits per heavy atom. The van der Waals surface area contributed by atoms with Gasteiger partial charge in [0.25, 0.3) is 0 Å². The summed E-state index contributed by atoms with van der Waals surface area (Å²) in [6.45, 7) is 10.8. The van der Waals surface area contributed by atoms with Crippen LogP contribution in [0.1, 0.15) is 34.6 Å². The maximum Gasteiger partial charge on any atom is 0.410 e. The van der Waals surface area contributed by atoms with E-state index in [1.807, 2.05) is 34.6 Å². The second-order valence-electron chi connectivity index (χ2n) is 6.10. The van der Waals surface area contributed by atoms with E-state index in [0.29, 0.717) is 13.1 Å². The molecule has 18 heavy (non-hydrogen) atoms. The van der Waals surface area contributed by atoms with Gasteiger partial charge in [0.15, 0.2) is 0 Å². The third-order valence-corrected chi connectivity index (χ3v) is 2.75. The normalized spacial score (nSPS) is 18.2. The average Bonchev–Trinajstić information content (AvgIpc) is 2.12. The van der Waals surface area contributed by atoms with Crippen molar-refractivity contribution in [1.82, 2.24) is 10.2 Å². The number of nitrogens with zero attached hydrogens (tertiary/aromatic N) is 2. The summed E-state index contributed by atoms with van der Waals surface area (Å²) >= 11 is 0. The Morgan fingerprint density at radius 3 is 2.39 bits per heavy atom. The molecule has 1 fully saturated rings. The van der Waals surface area contributed by atoms with Crippen molar-refractivity contribution in [2.24, 2.45) is 5.92 Å². The Morgan fingerprint density at radius 1 is 1.44 bits per heavy atom. The van der Waals surface area contributed by atoms with E-state index >= 15 is 0 Å². The SMILES string of the molecule is CC(C)C(C#N)NC1CN(C(=O)OC(C)(C)C)C1. The largest absolute Gasteiger partial charge is 0.444 e. The molecule has 1 atom stereocenters. The predicted molar refractivity (Wildman–Crippen MR) is 69.0 cm³/mol. The second-order valence-corrected chi connectivity index (χ2v) is 6.10. The Bertz CT molecular complexity index is 335. The minimum absolute atomic E-state index is 0.157. The molecule has 1 N–H and O–H groups in total. The standard InChI is InChI=1S/C13H23N3O2/c1-9(2)11(6-14)15-10-7-16(8-10)12(17)18-13(3,4)5/h9-11,15H,7-8H2,1-5H3. The molecule has 1 rings (SSSR count). The molecule has 102 valence electrons. The molecule has 0 aromatic rings. The van der Waals surface area contributed by atoms with Crippen molar-refractivity contribution >= 4 is 6.09 Å². The van der Waals surface area contributed by atoms with Gasteiger partial charge in [-0.1, -0.05) is 13.8 Å². The maximum atomic E-state index is 11.7. The molecule has 5 heteroatoms. The smallest absolute Gasteiger partial charge is 0.410 e. The maximum absolute atomic E-state index is 11.7. The van der Waals surface area contributed by atoms with E-state index in [9.17, 15) is 4.79 Å². The van der Waals surface area contributed by atoms with Gasteiger partial charge in [0.05, 0.1) is 12.1 Å². The van der Waals surface area contributed by atoms with Crippen molar-refractivity contribution < 1.29 is 9.53 Å². The van der Waals surface area contributed by atoms with Crippen LogP contribution in [0.2, 0.25) is 0 Å². The summed E-state index contributed by atoms with van der Waals surface area (Å²) in [6.07, 6.45) is -0.279. The number of rotatable bonds is 3. The monoisotopic (exact) mass is 253 g/mol. The molecular formula is C13H23N3O2. The van der Waals surface area contributed by atoms with Crippen molar-refractivity contribution in [3.8, 4) is 6.07 Å². The number of nitrogens with one attached hydrogen (secondary N) is 1. The Hall–Kier alpha value is -1.28. The first-order valence-electron chi connectivity index (χ1n) is 6.36. The van der Waals surface area contributed by atoms with Crippen molar-refractivity contribution in [2.75, 3.05) is 13.1 Å². The van der Waals surface area contributed by atoms with Gasteiger partial charge in [0.1, 0.15) is 5.60 Å². The fourth-order valence-electron chi connectivity index (χ4n) is 1.69. The van der Waals surface area contributed by atoms with Gasteiger partial charge in [-0.3, -0.25) is 5.32 Å². The lowest BCUT2D eigenvalue weighted by molar-refractivity contribution is 0.00433. The molecule has 0 bridgehead atoms. The van der Waals surface area contributed by atoms with Gasteiger partial charge in [-0.25, -0.2) is 4.79 Å². The number of carbonyl (C=O) groups is 1. The lowest BCUT2D eigenvalue weighted by Gasteiger charge is -2.41. The minimum Gasteiger partial charge on any atom is -0.444 e. The van der Waals surface area contributed by atoms with Crippen LogP contribution in [0.5, 0.6) is 0 Å². The molecule has 1 saturated heterocycles. The topological polar surface area (TPSA) is 65.4 Å². The van der Waals surface area contributed by atoms with Crippen LogP contribution in [0, 0.1) is 17.2 Å². The zero-order chi connectivity index (χ0) is 13.9. The fraction of sp³-hybridized carbons (Fsp3) is 0.846. The van der Waals surface area contributed by atoms with Crippen molar-refractivity contribution in [3.63, 3.8) is 0 Å². The lowest BCUT2D eigenvalue weighted by Crippen LogP contribution is -2.62. The molecule has 0 radical (unpaired) electrons. The molecule has 1 unspecified atom stereocenters.